The Bertz CT molecular complexity index is 1140. The molecule has 3 aromatic rings. The number of rotatable bonds is 11. The van der Waals surface area contributed by atoms with Crippen LogP contribution < -0.4 is 9.64 Å². The molecule has 1 N–H and O–H groups in total. The monoisotopic (exact) mass is 489 g/mol. The molecule has 0 saturated carbocycles. The molecule has 0 atom stereocenters. The first-order chi connectivity index (χ1) is 17.3. The standard InChI is InChI=1S/C31H39NO4/c1-6-7-8-12-18-31(3,4)25-20-27(33)29(24-15-13-14-23(2)19-24)28(21-25)36-22-32(30(34)35-5)26-16-10-9-11-17-26/h9-11,13-17,19-21,33H,6-8,12,18,22H2,1-5H3. The van der Waals surface area contributed by atoms with E-state index in [0.717, 1.165) is 29.5 Å². The summed E-state index contributed by atoms with van der Waals surface area (Å²) in [5, 5.41) is 11.2. The van der Waals surface area contributed by atoms with Crippen LogP contribution in [0, 0.1) is 6.92 Å². The zero-order valence-corrected chi connectivity index (χ0v) is 22.2. The SMILES string of the molecule is CCCCCCC(C)(C)c1cc(O)c(-c2cccc(C)c2)c(OCN(C(=O)OC)c2ccccc2)c1. The predicted octanol–water partition coefficient (Wildman–Crippen LogP) is 8.22. The molecule has 0 bridgehead atoms. The van der Waals surface area contributed by atoms with Crippen molar-refractivity contribution >= 4 is 11.8 Å². The van der Waals surface area contributed by atoms with Gasteiger partial charge in [-0.3, -0.25) is 0 Å². The van der Waals surface area contributed by atoms with Gasteiger partial charge in [0.2, 0.25) is 0 Å². The van der Waals surface area contributed by atoms with E-state index in [0.29, 0.717) is 17.0 Å². The second-order valence-electron chi connectivity index (χ2n) is 9.94. The highest BCUT2D eigenvalue weighted by atomic mass is 16.6. The molecular formula is C31H39NO4. The van der Waals surface area contributed by atoms with Gasteiger partial charge in [0, 0.05) is 0 Å². The third kappa shape index (κ3) is 6.81. The van der Waals surface area contributed by atoms with Crippen molar-refractivity contribution in [2.75, 3.05) is 18.7 Å². The largest absolute Gasteiger partial charge is 0.507 e. The van der Waals surface area contributed by atoms with Crippen LogP contribution in [0.3, 0.4) is 0 Å². The van der Waals surface area contributed by atoms with Gasteiger partial charge in [-0.15, -0.1) is 0 Å². The van der Waals surface area contributed by atoms with Gasteiger partial charge in [0.25, 0.3) is 0 Å². The summed E-state index contributed by atoms with van der Waals surface area (Å²) >= 11 is 0. The van der Waals surface area contributed by atoms with Crippen molar-refractivity contribution in [3.63, 3.8) is 0 Å². The van der Waals surface area contributed by atoms with Crippen molar-refractivity contribution in [2.45, 2.75) is 65.2 Å². The Kier molecular flexibility index (Phi) is 9.40. The van der Waals surface area contributed by atoms with Crippen LogP contribution in [0.2, 0.25) is 0 Å². The molecule has 0 aliphatic heterocycles. The lowest BCUT2D eigenvalue weighted by Gasteiger charge is -2.28. The summed E-state index contributed by atoms with van der Waals surface area (Å²) in [6.07, 6.45) is 5.24. The molecule has 5 heteroatoms. The zero-order chi connectivity index (χ0) is 26.1. The lowest BCUT2D eigenvalue weighted by molar-refractivity contribution is 0.170. The minimum Gasteiger partial charge on any atom is -0.507 e. The Morgan fingerprint density at radius 1 is 0.972 bits per heavy atom. The topological polar surface area (TPSA) is 59.0 Å². The Hall–Kier alpha value is -3.47. The number of methoxy groups -OCH3 is 1. The summed E-state index contributed by atoms with van der Waals surface area (Å²) in [5.74, 6) is 0.695. The summed E-state index contributed by atoms with van der Waals surface area (Å²) in [5.41, 5.74) is 4.08. The van der Waals surface area contributed by atoms with Gasteiger partial charge in [0.15, 0.2) is 6.73 Å². The molecule has 1 amide bonds. The van der Waals surface area contributed by atoms with E-state index < -0.39 is 6.09 Å². The van der Waals surface area contributed by atoms with Crippen molar-refractivity contribution in [1.82, 2.24) is 0 Å². The average Bonchev–Trinajstić information content (AvgIpc) is 2.87. The van der Waals surface area contributed by atoms with Gasteiger partial charge in [0.05, 0.1) is 18.4 Å². The van der Waals surface area contributed by atoms with Crippen LogP contribution in [0.15, 0.2) is 66.7 Å². The molecule has 0 aliphatic carbocycles. The van der Waals surface area contributed by atoms with E-state index in [2.05, 4.69) is 20.8 Å². The summed E-state index contributed by atoms with van der Waals surface area (Å²) in [6, 6.07) is 21.1. The van der Waals surface area contributed by atoms with Crippen LogP contribution in [-0.4, -0.2) is 25.0 Å². The number of benzene rings is 3. The van der Waals surface area contributed by atoms with Crippen LogP contribution in [0.5, 0.6) is 11.5 Å². The van der Waals surface area contributed by atoms with Crippen molar-refractivity contribution in [3.8, 4) is 22.6 Å². The number of phenolic OH excluding ortho intramolecular Hbond substituents is 1. The van der Waals surface area contributed by atoms with Crippen molar-refractivity contribution in [2.24, 2.45) is 0 Å². The van der Waals surface area contributed by atoms with E-state index in [4.69, 9.17) is 9.47 Å². The highest BCUT2D eigenvalue weighted by Gasteiger charge is 2.25. The van der Waals surface area contributed by atoms with Crippen LogP contribution in [0.4, 0.5) is 10.5 Å². The number of nitrogens with zero attached hydrogens (tertiary/aromatic N) is 1. The highest BCUT2D eigenvalue weighted by Crippen LogP contribution is 2.43. The lowest BCUT2D eigenvalue weighted by Crippen LogP contribution is -2.34. The van der Waals surface area contributed by atoms with Crippen molar-refractivity contribution in [1.29, 1.82) is 0 Å². The first-order valence-corrected chi connectivity index (χ1v) is 12.7. The molecular weight excluding hydrogens is 450 g/mol. The van der Waals surface area contributed by atoms with E-state index in [1.807, 2.05) is 73.7 Å². The van der Waals surface area contributed by atoms with Crippen LogP contribution in [0.25, 0.3) is 11.1 Å². The molecule has 36 heavy (non-hydrogen) atoms. The quantitative estimate of drug-likeness (QED) is 0.218. The van der Waals surface area contributed by atoms with E-state index >= 15 is 0 Å². The Labute approximate surface area is 215 Å². The van der Waals surface area contributed by atoms with Gasteiger partial charge >= 0.3 is 6.09 Å². The maximum atomic E-state index is 12.6. The summed E-state index contributed by atoms with van der Waals surface area (Å²) in [7, 11) is 1.35. The van der Waals surface area contributed by atoms with E-state index in [-0.39, 0.29) is 17.9 Å². The number of hydrogen-bond donors (Lipinski definition) is 1. The number of anilines is 1. The van der Waals surface area contributed by atoms with Gasteiger partial charge < -0.3 is 14.6 Å². The molecule has 3 rings (SSSR count). The van der Waals surface area contributed by atoms with Gasteiger partial charge in [0.1, 0.15) is 11.5 Å². The van der Waals surface area contributed by atoms with Crippen LogP contribution >= 0.6 is 0 Å². The molecule has 5 nitrogen and oxygen atoms in total. The number of para-hydroxylation sites is 1. The smallest absolute Gasteiger partial charge is 0.416 e. The number of ether oxygens (including phenoxy) is 2. The second kappa shape index (κ2) is 12.5. The number of aromatic hydroxyl groups is 1. The lowest BCUT2D eigenvalue weighted by atomic mass is 9.79. The zero-order valence-electron chi connectivity index (χ0n) is 22.2. The van der Waals surface area contributed by atoms with E-state index in [1.165, 1.54) is 31.3 Å². The molecule has 0 radical (unpaired) electrons. The Balaban J connectivity index is 2.00. The van der Waals surface area contributed by atoms with Gasteiger partial charge in [-0.05, 0) is 54.2 Å². The molecule has 0 aromatic heterocycles. The van der Waals surface area contributed by atoms with Crippen molar-refractivity contribution < 1.29 is 19.4 Å². The number of aryl methyl sites for hydroxylation is 1. The van der Waals surface area contributed by atoms with Gasteiger partial charge in [-0.1, -0.05) is 94.5 Å². The average molecular weight is 490 g/mol. The Morgan fingerprint density at radius 2 is 1.72 bits per heavy atom. The minimum absolute atomic E-state index is 0.0602. The number of unbranched alkanes of at least 4 members (excludes halogenated alkanes) is 3. The Morgan fingerprint density at radius 3 is 2.39 bits per heavy atom. The molecule has 0 fully saturated rings. The molecule has 0 spiro atoms. The number of hydrogen-bond acceptors (Lipinski definition) is 4. The second-order valence-corrected chi connectivity index (χ2v) is 9.94. The molecule has 0 saturated heterocycles. The molecule has 0 heterocycles. The normalized spacial score (nSPS) is 11.2. The molecule has 0 unspecified atom stereocenters. The van der Waals surface area contributed by atoms with Gasteiger partial charge in [-0.2, -0.15) is 0 Å². The van der Waals surface area contributed by atoms with Crippen LogP contribution in [-0.2, 0) is 10.2 Å². The van der Waals surface area contributed by atoms with Crippen LogP contribution in [0.1, 0.15) is 64.0 Å². The fourth-order valence-corrected chi connectivity index (χ4v) is 4.42. The minimum atomic E-state index is -0.519. The fraction of sp³-hybridized carbons (Fsp3) is 0.387. The highest BCUT2D eigenvalue weighted by molar-refractivity contribution is 5.87. The first kappa shape index (κ1) is 27.1. The molecule has 0 aliphatic rings. The van der Waals surface area contributed by atoms with E-state index in [1.54, 1.807) is 0 Å². The summed E-state index contributed by atoms with van der Waals surface area (Å²) < 4.78 is 11.3. The third-order valence-electron chi connectivity index (χ3n) is 6.64. The summed E-state index contributed by atoms with van der Waals surface area (Å²) in [6.45, 7) is 8.57. The van der Waals surface area contributed by atoms with Crippen molar-refractivity contribution in [3.05, 3.63) is 77.9 Å². The molecule has 3 aromatic carbocycles. The summed E-state index contributed by atoms with van der Waals surface area (Å²) in [4.78, 5) is 14.0. The third-order valence-corrected chi connectivity index (χ3v) is 6.64. The number of carbonyl (C=O) groups is 1. The number of amides is 1. The fourth-order valence-electron chi connectivity index (χ4n) is 4.42. The maximum absolute atomic E-state index is 12.6. The first-order valence-electron chi connectivity index (χ1n) is 12.7. The number of carbonyl (C=O) groups excluding carboxylic acids is 1. The van der Waals surface area contributed by atoms with E-state index in [9.17, 15) is 9.90 Å². The molecule has 192 valence electrons. The number of phenols is 1. The predicted molar refractivity (Wildman–Crippen MR) is 147 cm³/mol. The van der Waals surface area contributed by atoms with Gasteiger partial charge in [-0.25, -0.2) is 9.69 Å². The maximum Gasteiger partial charge on any atom is 0.416 e.